The van der Waals surface area contributed by atoms with E-state index in [1.807, 2.05) is 12.1 Å². The summed E-state index contributed by atoms with van der Waals surface area (Å²) in [6.45, 7) is 6.58. The molecule has 1 aromatic carbocycles. The van der Waals surface area contributed by atoms with Crippen molar-refractivity contribution in [1.82, 2.24) is 4.57 Å². The second-order valence-corrected chi connectivity index (χ2v) is 3.98. The average Bonchev–Trinajstić information content (AvgIpc) is 2.63. The Morgan fingerprint density at radius 3 is 2.88 bits per heavy atom. The Hall–Kier alpha value is -1.83. The molecule has 2 rings (SSSR count). The van der Waals surface area contributed by atoms with Crippen LogP contribution in [0, 0.1) is 6.92 Å². The fraction of sp³-hybridized carbons (Fsp3) is 0.214. The van der Waals surface area contributed by atoms with E-state index in [1.165, 1.54) is 5.56 Å². The molecule has 0 saturated carbocycles. The van der Waals surface area contributed by atoms with Gasteiger partial charge in [-0.3, -0.25) is 4.79 Å². The smallest absolute Gasteiger partial charge is 0.166 e. The van der Waals surface area contributed by atoms with E-state index in [2.05, 4.69) is 36.3 Å². The highest BCUT2D eigenvalue weighted by Crippen LogP contribution is 2.20. The van der Waals surface area contributed by atoms with Crippen molar-refractivity contribution in [3.05, 3.63) is 48.2 Å². The van der Waals surface area contributed by atoms with E-state index < -0.39 is 0 Å². The third-order valence-corrected chi connectivity index (χ3v) is 2.77. The molecule has 0 fully saturated rings. The minimum absolute atomic E-state index is 0.738. The van der Waals surface area contributed by atoms with Gasteiger partial charge in [-0.15, -0.1) is 6.58 Å². The largest absolute Gasteiger partial charge is 0.338 e. The number of hydrogen-bond donors (Lipinski definition) is 0. The van der Waals surface area contributed by atoms with Crippen molar-refractivity contribution in [2.45, 2.75) is 19.9 Å². The Morgan fingerprint density at radius 2 is 2.19 bits per heavy atom. The summed E-state index contributed by atoms with van der Waals surface area (Å²) in [5.74, 6) is 0. The van der Waals surface area contributed by atoms with Crippen LogP contribution in [0.15, 0.2) is 36.9 Å². The van der Waals surface area contributed by atoms with Gasteiger partial charge < -0.3 is 4.57 Å². The first kappa shape index (κ1) is 10.7. The topological polar surface area (TPSA) is 22.0 Å². The van der Waals surface area contributed by atoms with Crippen molar-refractivity contribution in [2.75, 3.05) is 0 Å². The van der Waals surface area contributed by atoms with Crippen LogP contribution in [0.25, 0.3) is 10.9 Å². The molecular formula is C14H15NO. The van der Waals surface area contributed by atoms with E-state index in [4.69, 9.17) is 0 Å². The summed E-state index contributed by atoms with van der Waals surface area (Å²) >= 11 is 0. The third-order valence-electron chi connectivity index (χ3n) is 2.77. The predicted octanol–water partition coefficient (Wildman–Crippen LogP) is 3.34. The number of benzene rings is 1. The lowest BCUT2D eigenvalue weighted by Crippen LogP contribution is -2.01. The number of hydrogen-bond acceptors (Lipinski definition) is 1. The van der Waals surface area contributed by atoms with E-state index in [0.717, 1.165) is 35.8 Å². The van der Waals surface area contributed by atoms with Gasteiger partial charge in [0.05, 0.1) is 5.69 Å². The molecule has 0 radical (unpaired) electrons. The summed E-state index contributed by atoms with van der Waals surface area (Å²) in [5, 5.41) is 1.12. The van der Waals surface area contributed by atoms with Gasteiger partial charge in [-0.1, -0.05) is 18.2 Å². The number of carbonyl (C=O) groups is 1. The van der Waals surface area contributed by atoms with Crippen LogP contribution in [0.5, 0.6) is 0 Å². The van der Waals surface area contributed by atoms with E-state index in [-0.39, 0.29) is 0 Å². The Balaban J connectivity index is 2.60. The van der Waals surface area contributed by atoms with Crippen LogP contribution < -0.4 is 0 Å². The SMILES string of the molecule is C=CCCn1c(C=O)cc2ccc(C)cc21. The molecule has 0 aliphatic carbocycles. The summed E-state index contributed by atoms with van der Waals surface area (Å²) in [4.78, 5) is 11.0. The zero-order valence-corrected chi connectivity index (χ0v) is 9.44. The van der Waals surface area contributed by atoms with Gasteiger partial charge in [-0.05, 0) is 31.0 Å². The van der Waals surface area contributed by atoms with Crippen LogP contribution in [-0.4, -0.2) is 10.9 Å². The Kier molecular flexibility index (Phi) is 2.91. The lowest BCUT2D eigenvalue weighted by Gasteiger charge is -2.05. The number of aldehydes is 1. The zero-order valence-electron chi connectivity index (χ0n) is 9.44. The molecule has 2 aromatic rings. The summed E-state index contributed by atoms with van der Waals surface area (Å²) in [6, 6.07) is 8.17. The minimum Gasteiger partial charge on any atom is -0.338 e. The fourth-order valence-corrected chi connectivity index (χ4v) is 1.95. The molecule has 2 nitrogen and oxygen atoms in total. The van der Waals surface area contributed by atoms with Crippen LogP contribution in [0.1, 0.15) is 22.5 Å². The Bertz CT molecular complexity index is 537. The minimum atomic E-state index is 0.738. The summed E-state index contributed by atoms with van der Waals surface area (Å²) in [7, 11) is 0. The standard InChI is InChI=1S/C14H15NO/c1-3-4-7-15-13(10-16)9-12-6-5-11(2)8-14(12)15/h3,5-6,8-10H,1,4,7H2,2H3. The number of aryl methyl sites for hydroxylation is 2. The molecule has 0 saturated heterocycles. The van der Waals surface area contributed by atoms with Gasteiger partial charge in [-0.2, -0.15) is 0 Å². The van der Waals surface area contributed by atoms with E-state index in [1.54, 1.807) is 0 Å². The number of rotatable bonds is 4. The highest BCUT2D eigenvalue weighted by atomic mass is 16.1. The lowest BCUT2D eigenvalue weighted by atomic mass is 10.2. The maximum atomic E-state index is 11.0. The molecule has 0 aliphatic rings. The molecule has 0 aliphatic heterocycles. The molecule has 1 aromatic heterocycles. The Labute approximate surface area is 95.2 Å². The molecule has 1 heterocycles. The summed E-state index contributed by atoms with van der Waals surface area (Å²) in [5.41, 5.74) is 3.08. The molecule has 0 unspecified atom stereocenters. The Morgan fingerprint density at radius 1 is 1.38 bits per heavy atom. The van der Waals surface area contributed by atoms with Crippen molar-refractivity contribution >= 4 is 17.2 Å². The number of allylic oxidation sites excluding steroid dienone is 1. The molecule has 16 heavy (non-hydrogen) atoms. The van der Waals surface area contributed by atoms with Crippen molar-refractivity contribution in [3.63, 3.8) is 0 Å². The molecular weight excluding hydrogens is 198 g/mol. The van der Waals surface area contributed by atoms with Crippen LogP contribution >= 0.6 is 0 Å². The van der Waals surface area contributed by atoms with Crippen LogP contribution in [0.3, 0.4) is 0 Å². The van der Waals surface area contributed by atoms with Crippen molar-refractivity contribution in [3.8, 4) is 0 Å². The van der Waals surface area contributed by atoms with Crippen molar-refractivity contribution in [1.29, 1.82) is 0 Å². The lowest BCUT2D eigenvalue weighted by molar-refractivity contribution is 0.111. The normalized spacial score (nSPS) is 10.6. The molecule has 0 N–H and O–H groups in total. The molecule has 82 valence electrons. The first-order valence-corrected chi connectivity index (χ1v) is 5.42. The van der Waals surface area contributed by atoms with Gasteiger partial charge in [0.15, 0.2) is 6.29 Å². The summed E-state index contributed by atoms with van der Waals surface area (Å²) < 4.78 is 2.05. The van der Waals surface area contributed by atoms with Gasteiger partial charge in [0, 0.05) is 17.4 Å². The van der Waals surface area contributed by atoms with E-state index in [0.29, 0.717) is 0 Å². The molecule has 0 atom stereocenters. The molecule has 0 bridgehead atoms. The van der Waals surface area contributed by atoms with Gasteiger partial charge in [0.1, 0.15) is 0 Å². The quantitative estimate of drug-likeness (QED) is 0.564. The summed E-state index contributed by atoms with van der Waals surface area (Å²) in [6.07, 6.45) is 3.66. The van der Waals surface area contributed by atoms with E-state index >= 15 is 0 Å². The van der Waals surface area contributed by atoms with Gasteiger partial charge in [0.2, 0.25) is 0 Å². The second-order valence-electron chi connectivity index (χ2n) is 3.98. The van der Waals surface area contributed by atoms with E-state index in [9.17, 15) is 4.79 Å². The number of carbonyl (C=O) groups excluding carboxylic acids is 1. The predicted molar refractivity (Wildman–Crippen MR) is 66.9 cm³/mol. The monoisotopic (exact) mass is 213 g/mol. The highest BCUT2D eigenvalue weighted by molar-refractivity contribution is 5.89. The average molecular weight is 213 g/mol. The molecule has 0 amide bonds. The molecule has 2 heteroatoms. The van der Waals surface area contributed by atoms with Gasteiger partial charge in [-0.25, -0.2) is 0 Å². The van der Waals surface area contributed by atoms with Crippen LogP contribution in [0.2, 0.25) is 0 Å². The number of fused-ring (bicyclic) bond motifs is 1. The first-order valence-electron chi connectivity index (χ1n) is 5.42. The fourth-order valence-electron chi connectivity index (χ4n) is 1.95. The number of nitrogens with zero attached hydrogens (tertiary/aromatic N) is 1. The molecule has 0 spiro atoms. The van der Waals surface area contributed by atoms with Crippen LogP contribution in [-0.2, 0) is 6.54 Å². The van der Waals surface area contributed by atoms with Crippen molar-refractivity contribution < 1.29 is 4.79 Å². The highest BCUT2D eigenvalue weighted by Gasteiger charge is 2.07. The van der Waals surface area contributed by atoms with Gasteiger partial charge in [0.25, 0.3) is 0 Å². The van der Waals surface area contributed by atoms with Crippen molar-refractivity contribution in [2.24, 2.45) is 0 Å². The maximum Gasteiger partial charge on any atom is 0.166 e. The van der Waals surface area contributed by atoms with Crippen LogP contribution in [0.4, 0.5) is 0 Å². The maximum absolute atomic E-state index is 11.0. The van der Waals surface area contributed by atoms with Gasteiger partial charge >= 0.3 is 0 Å². The first-order chi connectivity index (χ1) is 7.76. The third kappa shape index (κ3) is 1.78. The number of aromatic nitrogens is 1. The zero-order chi connectivity index (χ0) is 11.5. The second kappa shape index (κ2) is 4.35.